The van der Waals surface area contributed by atoms with E-state index in [0.29, 0.717) is 37.2 Å². The molecule has 0 unspecified atom stereocenters. The number of nitrogens with zero attached hydrogens (tertiary/aromatic N) is 1. The lowest BCUT2D eigenvalue weighted by atomic mass is 10.0. The number of amides is 3. The first-order chi connectivity index (χ1) is 13.0. The summed E-state index contributed by atoms with van der Waals surface area (Å²) in [6.07, 6.45) is 0.699. The summed E-state index contributed by atoms with van der Waals surface area (Å²) in [6.45, 7) is 2.89. The number of anilines is 2. The van der Waals surface area contributed by atoms with E-state index in [9.17, 15) is 14.0 Å². The fourth-order valence-electron chi connectivity index (χ4n) is 3.31. The Morgan fingerprint density at radius 2 is 2.07 bits per heavy atom. The maximum atomic E-state index is 13.8. The molecule has 2 aliphatic rings. The molecule has 0 atom stereocenters. The first kappa shape index (κ1) is 17.3. The number of likely N-dealkylation sites (tertiary alicyclic amines) is 1. The maximum Gasteiger partial charge on any atom is 0.322 e. The van der Waals surface area contributed by atoms with Gasteiger partial charge in [0.05, 0.1) is 24.5 Å². The van der Waals surface area contributed by atoms with Gasteiger partial charge >= 0.3 is 6.03 Å². The molecule has 27 heavy (non-hydrogen) atoms. The summed E-state index contributed by atoms with van der Waals surface area (Å²) < 4.78 is 19.7. The van der Waals surface area contributed by atoms with Gasteiger partial charge < -0.3 is 20.3 Å². The number of benzene rings is 2. The molecule has 140 valence electrons. The lowest BCUT2D eigenvalue weighted by Gasteiger charge is -2.39. The van der Waals surface area contributed by atoms with E-state index in [2.05, 4.69) is 10.6 Å². The third-order valence-electron chi connectivity index (χ3n) is 4.74. The Kier molecular flexibility index (Phi) is 4.43. The van der Waals surface area contributed by atoms with Crippen LogP contribution in [0.4, 0.5) is 20.6 Å². The van der Waals surface area contributed by atoms with Gasteiger partial charge in [-0.25, -0.2) is 9.18 Å². The lowest BCUT2D eigenvalue weighted by molar-refractivity contribution is -0.116. The van der Waals surface area contributed by atoms with Gasteiger partial charge in [0, 0.05) is 6.42 Å². The highest BCUT2D eigenvalue weighted by atomic mass is 19.1. The van der Waals surface area contributed by atoms with Crippen LogP contribution in [-0.4, -0.2) is 36.0 Å². The second-order valence-electron chi connectivity index (χ2n) is 6.93. The van der Waals surface area contributed by atoms with Crippen molar-refractivity contribution in [1.29, 1.82) is 0 Å². The van der Waals surface area contributed by atoms with Gasteiger partial charge in [0.1, 0.15) is 17.7 Å². The van der Waals surface area contributed by atoms with E-state index in [-0.39, 0.29) is 23.7 Å². The smallest absolute Gasteiger partial charge is 0.322 e. The first-order valence-electron chi connectivity index (χ1n) is 8.89. The minimum Gasteiger partial charge on any atom is -0.487 e. The molecule has 1 fully saturated rings. The molecule has 7 heteroatoms. The van der Waals surface area contributed by atoms with E-state index in [0.717, 1.165) is 11.3 Å². The molecule has 0 radical (unpaired) electrons. The van der Waals surface area contributed by atoms with Crippen LogP contribution in [0.15, 0.2) is 36.4 Å². The van der Waals surface area contributed by atoms with Gasteiger partial charge in [0.2, 0.25) is 5.91 Å². The maximum absolute atomic E-state index is 13.8. The van der Waals surface area contributed by atoms with Crippen molar-refractivity contribution in [2.45, 2.75) is 25.9 Å². The Labute approximate surface area is 156 Å². The fraction of sp³-hybridized carbons (Fsp3) is 0.300. The SMILES string of the molecule is Cc1cccc(OC2CN(C(=O)Nc3cc(F)cc4c3NC(=O)CC4)C2)c1. The third-order valence-corrected chi connectivity index (χ3v) is 4.74. The van der Waals surface area contributed by atoms with Gasteiger partial charge in [-0.1, -0.05) is 12.1 Å². The normalized spacial score (nSPS) is 16.2. The molecule has 2 aromatic carbocycles. The monoisotopic (exact) mass is 369 g/mol. The molecule has 6 nitrogen and oxygen atoms in total. The predicted octanol–water partition coefficient (Wildman–Crippen LogP) is 3.31. The molecule has 0 bridgehead atoms. The molecule has 2 aromatic rings. The molecule has 0 saturated carbocycles. The van der Waals surface area contributed by atoms with E-state index in [1.807, 2.05) is 31.2 Å². The van der Waals surface area contributed by atoms with Crippen molar-refractivity contribution in [2.75, 3.05) is 23.7 Å². The lowest BCUT2D eigenvalue weighted by Crippen LogP contribution is -2.57. The van der Waals surface area contributed by atoms with E-state index < -0.39 is 5.82 Å². The number of hydrogen-bond acceptors (Lipinski definition) is 3. The minimum absolute atomic E-state index is 0.0707. The summed E-state index contributed by atoms with van der Waals surface area (Å²) >= 11 is 0. The van der Waals surface area contributed by atoms with Crippen molar-refractivity contribution < 1.29 is 18.7 Å². The number of carbonyl (C=O) groups excluding carboxylic acids is 2. The summed E-state index contributed by atoms with van der Waals surface area (Å²) in [6, 6.07) is 10.0. The van der Waals surface area contributed by atoms with Crippen molar-refractivity contribution >= 4 is 23.3 Å². The van der Waals surface area contributed by atoms with Gasteiger partial charge in [-0.2, -0.15) is 0 Å². The Morgan fingerprint density at radius 1 is 1.26 bits per heavy atom. The van der Waals surface area contributed by atoms with Crippen LogP contribution in [0.1, 0.15) is 17.5 Å². The topological polar surface area (TPSA) is 70.7 Å². The molecule has 2 aliphatic heterocycles. The van der Waals surface area contributed by atoms with Gasteiger partial charge in [-0.05, 0) is 48.7 Å². The number of nitrogens with one attached hydrogen (secondary N) is 2. The summed E-state index contributed by atoms with van der Waals surface area (Å²) in [5, 5.41) is 5.42. The van der Waals surface area contributed by atoms with Gasteiger partial charge in [0.15, 0.2) is 0 Å². The summed E-state index contributed by atoms with van der Waals surface area (Å²) in [4.78, 5) is 25.7. The van der Waals surface area contributed by atoms with E-state index >= 15 is 0 Å². The van der Waals surface area contributed by atoms with Crippen LogP contribution in [0.2, 0.25) is 0 Å². The molecule has 2 heterocycles. The van der Waals surface area contributed by atoms with Crippen LogP contribution in [0, 0.1) is 12.7 Å². The average Bonchev–Trinajstić information content (AvgIpc) is 2.58. The van der Waals surface area contributed by atoms with Crippen LogP contribution >= 0.6 is 0 Å². The first-order valence-corrected chi connectivity index (χ1v) is 8.89. The highest BCUT2D eigenvalue weighted by Gasteiger charge is 2.33. The number of rotatable bonds is 3. The van der Waals surface area contributed by atoms with E-state index in [4.69, 9.17) is 4.74 Å². The molecular weight excluding hydrogens is 349 g/mol. The van der Waals surface area contributed by atoms with Crippen LogP contribution < -0.4 is 15.4 Å². The molecule has 3 amide bonds. The number of urea groups is 1. The Morgan fingerprint density at radius 3 is 2.85 bits per heavy atom. The minimum atomic E-state index is -0.440. The van der Waals surface area contributed by atoms with Crippen molar-refractivity contribution in [3.63, 3.8) is 0 Å². The molecule has 2 N–H and O–H groups in total. The summed E-state index contributed by atoms with van der Waals surface area (Å²) in [5.74, 6) is 0.201. The molecule has 1 saturated heterocycles. The molecular formula is C20H20FN3O3. The fourth-order valence-corrected chi connectivity index (χ4v) is 3.31. The third kappa shape index (κ3) is 3.72. The highest BCUT2D eigenvalue weighted by Crippen LogP contribution is 2.32. The molecule has 0 spiro atoms. The van der Waals surface area contributed by atoms with Crippen molar-refractivity contribution in [3.8, 4) is 5.75 Å². The van der Waals surface area contributed by atoms with Crippen molar-refractivity contribution in [2.24, 2.45) is 0 Å². The number of aryl methyl sites for hydroxylation is 2. The average molecular weight is 369 g/mol. The number of ether oxygens (including phenoxy) is 1. The van der Waals surface area contributed by atoms with Gasteiger partial charge in [-0.15, -0.1) is 0 Å². The van der Waals surface area contributed by atoms with Crippen LogP contribution in [0.25, 0.3) is 0 Å². The molecule has 4 rings (SSSR count). The molecule has 0 aromatic heterocycles. The van der Waals surface area contributed by atoms with E-state index in [1.165, 1.54) is 12.1 Å². The number of fused-ring (bicyclic) bond motifs is 1. The quantitative estimate of drug-likeness (QED) is 0.872. The summed E-state index contributed by atoms with van der Waals surface area (Å²) in [5.41, 5.74) is 2.56. The van der Waals surface area contributed by atoms with Crippen LogP contribution in [-0.2, 0) is 11.2 Å². The van der Waals surface area contributed by atoms with Crippen molar-refractivity contribution in [1.82, 2.24) is 4.90 Å². The zero-order valence-electron chi connectivity index (χ0n) is 14.9. The zero-order valence-corrected chi connectivity index (χ0v) is 14.9. The zero-order chi connectivity index (χ0) is 19.0. The number of carbonyl (C=O) groups is 2. The molecule has 0 aliphatic carbocycles. The van der Waals surface area contributed by atoms with Crippen molar-refractivity contribution in [3.05, 3.63) is 53.3 Å². The van der Waals surface area contributed by atoms with Crippen LogP contribution in [0.5, 0.6) is 5.75 Å². The van der Waals surface area contributed by atoms with Gasteiger partial charge in [-0.3, -0.25) is 4.79 Å². The van der Waals surface area contributed by atoms with Gasteiger partial charge in [0.25, 0.3) is 0 Å². The Hall–Kier alpha value is -3.09. The Balaban J connectivity index is 1.38. The highest BCUT2D eigenvalue weighted by molar-refractivity contribution is 6.01. The second kappa shape index (κ2) is 6.90. The van der Waals surface area contributed by atoms with Crippen LogP contribution in [0.3, 0.4) is 0 Å². The predicted molar refractivity (Wildman–Crippen MR) is 99.5 cm³/mol. The summed E-state index contributed by atoms with van der Waals surface area (Å²) in [7, 11) is 0. The second-order valence-corrected chi connectivity index (χ2v) is 6.93. The standard InChI is InChI=1S/C20H20FN3O3/c1-12-3-2-4-15(7-12)27-16-10-24(11-16)20(26)22-17-9-14(21)8-13-5-6-18(25)23-19(13)17/h2-4,7-9,16H,5-6,10-11H2,1H3,(H,22,26)(H,23,25). The number of halogens is 1. The largest absolute Gasteiger partial charge is 0.487 e. The number of hydrogen-bond donors (Lipinski definition) is 2. The van der Waals surface area contributed by atoms with E-state index in [1.54, 1.807) is 4.90 Å². The Bertz CT molecular complexity index is 909.